The van der Waals surface area contributed by atoms with Crippen molar-refractivity contribution in [2.75, 3.05) is 15.8 Å². The summed E-state index contributed by atoms with van der Waals surface area (Å²) in [5.41, 5.74) is 1.45. The first-order valence-electron chi connectivity index (χ1n) is 8.37. The molecule has 8 heteroatoms. The van der Waals surface area contributed by atoms with Crippen molar-refractivity contribution in [2.45, 2.75) is 13.0 Å². The van der Waals surface area contributed by atoms with Gasteiger partial charge in [0.05, 0.1) is 5.75 Å². The van der Waals surface area contributed by atoms with Crippen LogP contribution in [-0.4, -0.2) is 24.4 Å². The molecular weight excluding hydrogens is 367 g/mol. The first-order chi connectivity index (χ1) is 13.0. The molecule has 140 valence electrons. The zero-order valence-corrected chi connectivity index (χ0v) is 15.3. The van der Waals surface area contributed by atoms with E-state index in [0.29, 0.717) is 17.8 Å². The molecular formula is C19H19FN4O2S. The highest BCUT2D eigenvalue weighted by Crippen LogP contribution is 2.12. The van der Waals surface area contributed by atoms with Crippen LogP contribution in [0.2, 0.25) is 0 Å². The Morgan fingerprint density at radius 3 is 2.22 bits per heavy atom. The van der Waals surface area contributed by atoms with E-state index in [2.05, 4.69) is 20.2 Å². The second kappa shape index (κ2) is 8.59. The van der Waals surface area contributed by atoms with E-state index >= 15 is 0 Å². The molecule has 0 saturated heterocycles. The molecule has 0 bridgehead atoms. The summed E-state index contributed by atoms with van der Waals surface area (Å²) < 4.78 is 40.3. The minimum Gasteiger partial charge on any atom is -0.364 e. The van der Waals surface area contributed by atoms with Crippen LogP contribution >= 0.6 is 0 Å². The largest absolute Gasteiger partial charge is 0.364 e. The third-order valence-corrected chi connectivity index (χ3v) is 5.11. The van der Waals surface area contributed by atoms with Crippen LogP contribution < -0.4 is 10.0 Å². The number of nitrogens with zero attached hydrogens (tertiary/aromatic N) is 2. The van der Waals surface area contributed by atoms with Gasteiger partial charge in [0.1, 0.15) is 11.6 Å². The van der Waals surface area contributed by atoms with Crippen molar-refractivity contribution in [3.05, 3.63) is 83.7 Å². The van der Waals surface area contributed by atoms with Crippen LogP contribution in [0.4, 0.5) is 16.0 Å². The number of benzene rings is 2. The number of aryl methyl sites for hydroxylation is 1. The van der Waals surface area contributed by atoms with Crippen LogP contribution in [0.3, 0.4) is 0 Å². The Bertz CT molecular complexity index is 980. The number of nitrogens with one attached hydrogen (secondary N) is 2. The lowest BCUT2D eigenvalue weighted by Crippen LogP contribution is -2.19. The number of halogens is 1. The number of hydrogen-bond acceptors (Lipinski definition) is 5. The van der Waals surface area contributed by atoms with E-state index in [-0.39, 0.29) is 23.9 Å². The van der Waals surface area contributed by atoms with Crippen molar-refractivity contribution in [2.24, 2.45) is 0 Å². The Balaban J connectivity index is 1.54. The van der Waals surface area contributed by atoms with Gasteiger partial charge in [-0.15, -0.1) is 10.2 Å². The van der Waals surface area contributed by atoms with Gasteiger partial charge in [0.2, 0.25) is 10.0 Å². The molecule has 6 nitrogen and oxygen atoms in total. The zero-order chi connectivity index (χ0) is 19.1. The Morgan fingerprint density at radius 2 is 1.52 bits per heavy atom. The summed E-state index contributed by atoms with van der Waals surface area (Å²) in [6.45, 7) is 0.253. The van der Waals surface area contributed by atoms with Crippen molar-refractivity contribution in [3.8, 4) is 0 Å². The normalized spacial score (nSPS) is 11.1. The first kappa shape index (κ1) is 18.8. The van der Waals surface area contributed by atoms with Gasteiger partial charge >= 0.3 is 0 Å². The van der Waals surface area contributed by atoms with Crippen LogP contribution in [0.15, 0.2) is 66.7 Å². The van der Waals surface area contributed by atoms with E-state index in [1.165, 1.54) is 12.1 Å². The van der Waals surface area contributed by atoms with E-state index in [0.717, 1.165) is 5.56 Å². The summed E-state index contributed by atoms with van der Waals surface area (Å²) in [5.74, 6) is 0.206. The topological polar surface area (TPSA) is 84.0 Å². The van der Waals surface area contributed by atoms with Crippen LogP contribution in [0.1, 0.15) is 11.1 Å². The second-order valence-electron chi connectivity index (χ2n) is 5.91. The molecule has 0 atom stereocenters. The molecule has 0 spiro atoms. The molecule has 0 saturated carbocycles. The Morgan fingerprint density at radius 1 is 0.852 bits per heavy atom. The summed E-state index contributed by atoms with van der Waals surface area (Å²) >= 11 is 0. The predicted octanol–water partition coefficient (Wildman–Crippen LogP) is 3.21. The molecule has 27 heavy (non-hydrogen) atoms. The van der Waals surface area contributed by atoms with Crippen molar-refractivity contribution < 1.29 is 12.8 Å². The quantitative estimate of drug-likeness (QED) is 0.621. The molecule has 1 heterocycles. The predicted molar refractivity (Wildman–Crippen MR) is 103 cm³/mol. The number of sulfonamides is 1. The van der Waals surface area contributed by atoms with Gasteiger partial charge in [-0.1, -0.05) is 48.5 Å². The highest BCUT2D eigenvalue weighted by atomic mass is 32.2. The Hall–Kier alpha value is -3.00. The van der Waals surface area contributed by atoms with E-state index < -0.39 is 10.0 Å². The Labute approximate surface area is 157 Å². The second-order valence-corrected chi connectivity index (χ2v) is 7.75. The van der Waals surface area contributed by atoms with Gasteiger partial charge in [-0.05, 0) is 30.2 Å². The average Bonchev–Trinajstić information content (AvgIpc) is 2.68. The van der Waals surface area contributed by atoms with Crippen LogP contribution in [0.5, 0.6) is 0 Å². The standard InChI is InChI=1S/C19H19FN4O2S/c20-17-9-5-4-8-16(17)14-21-18-10-11-19(23-22-18)24-27(25,26)13-12-15-6-2-1-3-7-15/h1-11H,12-14H2,(H,21,22)(H,23,24). The fourth-order valence-corrected chi connectivity index (χ4v) is 3.45. The van der Waals surface area contributed by atoms with E-state index in [1.807, 2.05) is 30.3 Å². The third-order valence-electron chi connectivity index (χ3n) is 3.84. The monoisotopic (exact) mass is 386 g/mol. The van der Waals surface area contributed by atoms with Gasteiger partial charge in [-0.3, -0.25) is 4.72 Å². The van der Waals surface area contributed by atoms with Gasteiger partial charge in [0.15, 0.2) is 5.82 Å². The zero-order valence-electron chi connectivity index (χ0n) is 14.5. The molecule has 0 amide bonds. The molecule has 0 unspecified atom stereocenters. The maximum atomic E-state index is 13.6. The molecule has 0 radical (unpaired) electrons. The van der Waals surface area contributed by atoms with Crippen molar-refractivity contribution >= 4 is 21.7 Å². The minimum atomic E-state index is -3.53. The maximum absolute atomic E-state index is 13.6. The fraction of sp³-hybridized carbons (Fsp3) is 0.158. The van der Waals surface area contributed by atoms with Gasteiger partial charge in [0, 0.05) is 12.1 Å². The molecule has 2 N–H and O–H groups in total. The molecule has 0 aliphatic heterocycles. The first-order valence-corrected chi connectivity index (χ1v) is 10.0. The molecule has 3 rings (SSSR count). The van der Waals surface area contributed by atoms with Gasteiger partial charge < -0.3 is 5.32 Å². The summed E-state index contributed by atoms with van der Waals surface area (Å²) in [5, 5.41) is 10.7. The summed E-state index contributed by atoms with van der Waals surface area (Å²) in [6, 6.07) is 18.9. The van der Waals surface area contributed by atoms with E-state index in [9.17, 15) is 12.8 Å². The minimum absolute atomic E-state index is 0.0496. The smallest absolute Gasteiger partial charge is 0.234 e. The summed E-state index contributed by atoms with van der Waals surface area (Å²) in [4.78, 5) is 0. The number of rotatable bonds is 8. The third kappa shape index (κ3) is 5.75. The SMILES string of the molecule is O=S(=O)(CCc1ccccc1)Nc1ccc(NCc2ccccc2F)nn1. The van der Waals surface area contributed by atoms with Crippen molar-refractivity contribution in [1.29, 1.82) is 0 Å². The van der Waals surface area contributed by atoms with Crippen LogP contribution in [0, 0.1) is 5.82 Å². The lowest BCUT2D eigenvalue weighted by Gasteiger charge is -2.09. The summed E-state index contributed by atoms with van der Waals surface area (Å²) in [7, 11) is -3.53. The highest BCUT2D eigenvalue weighted by Gasteiger charge is 2.12. The fourth-order valence-electron chi connectivity index (χ4n) is 2.42. The molecule has 0 fully saturated rings. The molecule has 3 aromatic rings. The summed E-state index contributed by atoms with van der Waals surface area (Å²) in [6.07, 6.45) is 0.409. The molecule has 0 aliphatic rings. The van der Waals surface area contributed by atoms with Gasteiger partial charge in [0.25, 0.3) is 0 Å². The van der Waals surface area contributed by atoms with Crippen LogP contribution in [0.25, 0.3) is 0 Å². The van der Waals surface area contributed by atoms with Crippen molar-refractivity contribution in [3.63, 3.8) is 0 Å². The van der Waals surface area contributed by atoms with Gasteiger partial charge in [-0.25, -0.2) is 12.8 Å². The van der Waals surface area contributed by atoms with Crippen molar-refractivity contribution in [1.82, 2.24) is 10.2 Å². The molecule has 2 aromatic carbocycles. The lowest BCUT2D eigenvalue weighted by molar-refractivity contribution is 0.600. The number of hydrogen-bond donors (Lipinski definition) is 2. The Kier molecular flexibility index (Phi) is 5.97. The number of anilines is 2. The lowest BCUT2D eigenvalue weighted by atomic mass is 10.2. The van der Waals surface area contributed by atoms with Crippen LogP contribution in [-0.2, 0) is 23.0 Å². The number of aromatic nitrogens is 2. The average molecular weight is 386 g/mol. The molecule has 1 aromatic heterocycles. The molecule has 0 aliphatic carbocycles. The highest BCUT2D eigenvalue weighted by molar-refractivity contribution is 7.92. The van der Waals surface area contributed by atoms with Gasteiger partial charge in [-0.2, -0.15) is 0 Å². The van der Waals surface area contributed by atoms with E-state index in [4.69, 9.17) is 0 Å². The maximum Gasteiger partial charge on any atom is 0.234 e. The van der Waals surface area contributed by atoms with E-state index in [1.54, 1.807) is 24.3 Å².